The largest absolute Gasteiger partial charge is 0.444 e. The van der Waals surface area contributed by atoms with Crippen molar-refractivity contribution in [3.63, 3.8) is 0 Å². The van der Waals surface area contributed by atoms with Crippen molar-refractivity contribution in [2.45, 2.75) is 48.8 Å². The van der Waals surface area contributed by atoms with E-state index in [1.165, 1.54) is 4.70 Å². The second-order valence-corrected chi connectivity index (χ2v) is 9.33. The summed E-state index contributed by atoms with van der Waals surface area (Å²) in [5, 5.41) is 0.386. The third-order valence-corrected chi connectivity index (χ3v) is 5.95. The van der Waals surface area contributed by atoms with E-state index in [0.717, 1.165) is 35.8 Å². The molecule has 1 aromatic carbocycles. The van der Waals surface area contributed by atoms with Crippen molar-refractivity contribution >= 4 is 39.4 Å². The highest BCUT2D eigenvalue weighted by atomic mass is 32.2. The Bertz CT molecular complexity index is 660. The van der Waals surface area contributed by atoms with Crippen LogP contribution in [0.5, 0.6) is 0 Å². The summed E-state index contributed by atoms with van der Waals surface area (Å²) in [4.78, 5) is 18.8. The molecule has 0 radical (unpaired) electrons. The molecule has 1 aliphatic rings. The zero-order valence-corrected chi connectivity index (χ0v) is 15.4. The lowest BCUT2D eigenvalue weighted by Crippen LogP contribution is -2.43. The summed E-state index contributed by atoms with van der Waals surface area (Å²) < 4.78 is 7.79. The van der Waals surface area contributed by atoms with Crippen LogP contribution in [0.1, 0.15) is 33.6 Å². The number of hydrogen-bond donors (Lipinski definition) is 0. The molecule has 1 atom stereocenters. The van der Waals surface area contributed by atoms with Crippen molar-refractivity contribution in [1.29, 1.82) is 0 Å². The van der Waals surface area contributed by atoms with E-state index in [1.54, 1.807) is 23.1 Å². The summed E-state index contributed by atoms with van der Waals surface area (Å²) in [6, 6.07) is 8.20. The van der Waals surface area contributed by atoms with Crippen molar-refractivity contribution in [2.24, 2.45) is 0 Å². The topological polar surface area (TPSA) is 42.4 Å². The number of thioether (sulfide) groups is 1. The molecule has 1 saturated heterocycles. The highest BCUT2D eigenvalue weighted by Crippen LogP contribution is 2.35. The molecule has 0 N–H and O–H groups in total. The summed E-state index contributed by atoms with van der Waals surface area (Å²) in [6.45, 7) is 7.23. The van der Waals surface area contributed by atoms with Gasteiger partial charge >= 0.3 is 6.09 Å². The summed E-state index contributed by atoms with van der Waals surface area (Å²) in [5.41, 5.74) is 0.615. The number of ether oxygens (including phenoxy) is 1. The SMILES string of the molecule is CC(C)(C)OC(=O)N1CCC[C@@H](Sc2nc3ccccc3s2)C1. The van der Waals surface area contributed by atoms with Crippen molar-refractivity contribution in [3.05, 3.63) is 24.3 Å². The molecular weight excluding hydrogens is 328 g/mol. The molecule has 0 unspecified atom stereocenters. The summed E-state index contributed by atoms with van der Waals surface area (Å²) in [6.07, 6.45) is 1.92. The van der Waals surface area contributed by atoms with Crippen molar-refractivity contribution < 1.29 is 9.53 Å². The molecule has 0 saturated carbocycles. The van der Waals surface area contributed by atoms with Gasteiger partial charge in [-0.15, -0.1) is 11.3 Å². The van der Waals surface area contributed by atoms with E-state index in [-0.39, 0.29) is 6.09 Å². The average molecular weight is 351 g/mol. The van der Waals surface area contributed by atoms with Gasteiger partial charge in [-0.2, -0.15) is 0 Å². The minimum atomic E-state index is -0.440. The molecule has 124 valence electrons. The number of benzene rings is 1. The molecule has 0 spiro atoms. The van der Waals surface area contributed by atoms with Gasteiger partial charge in [-0.05, 0) is 45.7 Å². The summed E-state index contributed by atoms with van der Waals surface area (Å²) in [5.74, 6) is 0. The number of piperidine rings is 1. The van der Waals surface area contributed by atoms with Crippen LogP contribution in [-0.2, 0) is 4.74 Å². The standard InChI is InChI=1S/C17H22N2O2S2/c1-17(2,3)21-16(20)19-10-6-7-12(11-19)22-15-18-13-8-4-5-9-14(13)23-15/h4-5,8-9,12H,6-7,10-11H2,1-3H3/t12-/m1/s1. The maximum atomic E-state index is 12.2. The van der Waals surface area contributed by atoms with Gasteiger partial charge < -0.3 is 9.64 Å². The van der Waals surface area contributed by atoms with E-state index in [0.29, 0.717) is 5.25 Å². The first-order valence-electron chi connectivity index (χ1n) is 7.91. The quantitative estimate of drug-likeness (QED) is 0.781. The predicted molar refractivity (Wildman–Crippen MR) is 96.3 cm³/mol. The van der Waals surface area contributed by atoms with E-state index >= 15 is 0 Å². The summed E-state index contributed by atoms with van der Waals surface area (Å²) >= 11 is 3.52. The molecule has 0 aliphatic carbocycles. The third kappa shape index (κ3) is 4.38. The first kappa shape index (κ1) is 16.6. The fourth-order valence-corrected chi connectivity index (χ4v) is 5.11. The molecular formula is C17H22N2O2S2. The summed E-state index contributed by atoms with van der Waals surface area (Å²) in [7, 11) is 0. The molecule has 1 amide bonds. The lowest BCUT2D eigenvalue weighted by Gasteiger charge is -2.33. The lowest BCUT2D eigenvalue weighted by molar-refractivity contribution is 0.0220. The monoisotopic (exact) mass is 350 g/mol. The molecule has 0 bridgehead atoms. The number of aromatic nitrogens is 1. The number of hydrogen-bond acceptors (Lipinski definition) is 5. The number of thiazole rings is 1. The van der Waals surface area contributed by atoms with Gasteiger partial charge in [-0.3, -0.25) is 0 Å². The molecule has 1 aliphatic heterocycles. The Labute approximate surface area is 145 Å². The van der Waals surface area contributed by atoms with Crippen LogP contribution in [0.2, 0.25) is 0 Å². The molecule has 6 heteroatoms. The number of carbonyl (C=O) groups is 1. The zero-order chi connectivity index (χ0) is 16.4. The smallest absolute Gasteiger partial charge is 0.410 e. The van der Waals surface area contributed by atoms with Crippen LogP contribution >= 0.6 is 23.1 Å². The van der Waals surface area contributed by atoms with Crippen LogP contribution in [0.15, 0.2) is 28.6 Å². The highest BCUT2D eigenvalue weighted by Gasteiger charge is 2.28. The van der Waals surface area contributed by atoms with Crippen molar-refractivity contribution in [3.8, 4) is 0 Å². The Morgan fingerprint density at radius 3 is 2.91 bits per heavy atom. The van der Waals surface area contributed by atoms with Gasteiger partial charge in [-0.25, -0.2) is 9.78 Å². The number of para-hydroxylation sites is 1. The Morgan fingerprint density at radius 2 is 2.17 bits per heavy atom. The van der Waals surface area contributed by atoms with Gasteiger partial charge in [0.15, 0.2) is 4.34 Å². The first-order chi connectivity index (χ1) is 10.9. The van der Waals surface area contributed by atoms with Crippen LogP contribution in [0.4, 0.5) is 4.79 Å². The number of rotatable bonds is 2. The van der Waals surface area contributed by atoms with Gasteiger partial charge in [-0.1, -0.05) is 23.9 Å². The Hall–Kier alpha value is -1.27. The highest BCUT2D eigenvalue weighted by molar-refractivity contribution is 8.01. The van der Waals surface area contributed by atoms with Gasteiger partial charge in [0.1, 0.15) is 5.60 Å². The van der Waals surface area contributed by atoms with Crippen LogP contribution < -0.4 is 0 Å². The number of amides is 1. The first-order valence-corrected chi connectivity index (χ1v) is 9.60. The molecule has 2 heterocycles. The van der Waals surface area contributed by atoms with Gasteiger partial charge in [0, 0.05) is 18.3 Å². The minimum Gasteiger partial charge on any atom is -0.444 e. The lowest BCUT2D eigenvalue weighted by atomic mass is 10.1. The van der Waals surface area contributed by atoms with Crippen LogP contribution in [0, 0.1) is 0 Å². The Morgan fingerprint density at radius 1 is 1.39 bits per heavy atom. The van der Waals surface area contributed by atoms with Crippen molar-refractivity contribution in [1.82, 2.24) is 9.88 Å². The van der Waals surface area contributed by atoms with Crippen LogP contribution in [-0.4, -0.2) is 39.9 Å². The molecule has 1 aromatic heterocycles. The molecule has 1 fully saturated rings. The van der Waals surface area contributed by atoms with E-state index in [4.69, 9.17) is 4.74 Å². The normalized spacial score (nSPS) is 19.1. The molecule has 23 heavy (non-hydrogen) atoms. The second kappa shape index (κ2) is 6.69. The molecule has 2 aromatic rings. The van der Waals surface area contributed by atoms with Crippen LogP contribution in [0.3, 0.4) is 0 Å². The van der Waals surface area contributed by atoms with E-state index in [2.05, 4.69) is 11.1 Å². The maximum absolute atomic E-state index is 12.2. The second-order valence-electron chi connectivity index (χ2n) is 6.76. The fraction of sp³-hybridized carbons (Fsp3) is 0.529. The minimum absolute atomic E-state index is 0.202. The number of likely N-dealkylation sites (tertiary alicyclic amines) is 1. The fourth-order valence-electron chi connectivity index (χ4n) is 2.57. The van der Waals surface area contributed by atoms with E-state index in [9.17, 15) is 4.79 Å². The van der Waals surface area contributed by atoms with Gasteiger partial charge in [0.25, 0.3) is 0 Å². The van der Waals surface area contributed by atoms with Crippen molar-refractivity contribution in [2.75, 3.05) is 13.1 Å². The molecule has 4 nitrogen and oxygen atoms in total. The Balaban J connectivity index is 1.63. The number of nitrogens with zero attached hydrogens (tertiary/aromatic N) is 2. The van der Waals surface area contributed by atoms with Gasteiger partial charge in [0.05, 0.1) is 10.2 Å². The predicted octanol–water partition coefficient (Wildman–Crippen LogP) is 4.79. The maximum Gasteiger partial charge on any atom is 0.410 e. The number of carbonyl (C=O) groups excluding carboxylic acids is 1. The molecule has 3 rings (SSSR count). The van der Waals surface area contributed by atoms with E-state index < -0.39 is 5.60 Å². The van der Waals surface area contributed by atoms with Crippen LogP contribution in [0.25, 0.3) is 10.2 Å². The number of fused-ring (bicyclic) bond motifs is 1. The third-order valence-electron chi connectivity index (χ3n) is 3.57. The van der Waals surface area contributed by atoms with E-state index in [1.807, 2.05) is 43.9 Å². The Kier molecular flexibility index (Phi) is 4.82. The zero-order valence-electron chi connectivity index (χ0n) is 13.7. The van der Waals surface area contributed by atoms with Gasteiger partial charge in [0.2, 0.25) is 0 Å². The average Bonchev–Trinajstić information content (AvgIpc) is 2.88.